The van der Waals surface area contributed by atoms with Crippen LogP contribution in [0.2, 0.25) is 0 Å². The van der Waals surface area contributed by atoms with E-state index in [1.165, 1.54) is 0 Å². The monoisotopic (exact) mass is 232 g/mol. The number of cyclic esters (lactones) is 2. The summed E-state index contributed by atoms with van der Waals surface area (Å²) in [7, 11) is 0. The number of esters is 2. The smallest absolute Gasteiger partial charge is 0.320 e. The predicted molar refractivity (Wildman–Crippen MR) is 63.1 cm³/mol. The molecule has 3 nitrogen and oxygen atoms in total. The molecule has 0 amide bonds. The summed E-state index contributed by atoms with van der Waals surface area (Å²) in [6.45, 7) is 3.81. The highest BCUT2D eigenvalue weighted by atomic mass is 16.6. The Morgan fingerprint density at radius 1 is 1.29 bits per heavy atom. The van der Waals surface area contributed by atoms with E-state index in [4.69, 9.17) is 4.74 Å². The molecule has 2 unspecified atom stereocenters. The van der Waals surface area contributed by atoms with Crippen LogP contribution in [0.25, 0.3) is 0 Å². The Morgan fingerprint density at radius 2 is 1.94 bits per heavy atom. The molecule has 1 aliphatic rings. The van der Waals surface area contributed by atoms with Crippen molar-refractivity contribution >= 4 is 11.9 Å². The number of carbonyl (C=O) groups is 2. The van der Waals surface area contributed by atoms with E-state index in [2.05, 4.69) is 0 Å². The summed E-state index contributed by atoms with van der Waals surface area (Å²) in [6, 6.07) is 9.81. The quantitative estimate of drug-likeness (QED) is 0.580. The van der Waals surface area contributed by atoms with Crippen LogP contribution in [0.1, 0.15) is 25.8 Å². The largest absolute Gasteiger partial charge is 0.393 e. The molecule has 90 valence electrons. The molecule has 2 atom stereocenters. The van der Waals surface area contributed by atoms with Crippen molar-refractivity contribution in [1.29, 1.82) is 0 Å². The second kappa shape index (κ2) is 4.32. The van der Waals surface area contributed by atoms with E-state index in [1.54, 1.807) is 0 Å². The van der Waals surface area contributed by atoms with Gasteiger partial charge in [-0.3, -0.25) is 9.59 Å². The van der Waals surface area contributed by atoms with Crippen molar-refractivity contribution in [2.75, 3.05) is 0 Å². The third-order valence-electron chi connectivity index (χ3n) is 3.65. The van der Waals surface area contributed by atoms with Crippen molar-refractivity contribution in [3.8, 4) is 0 Å². The minimum Gasteiger partial charge on any atom is -0.393 e. The first-order chi connectivity index (χ1) is 8.02. The molecule has 3 heteroatoms. The van der Waals surface area contributed by atoms with Crippen molar-refractivity contribution in [3.63, 3.8) is 0 Å². The Kier molecular flexibility index (Phi) is 3.01. The molecule has 1 aromatic rings. The Bertz CT molecular complexity index is 438. The molecule has 0 spiro atoms. The molecule has 0 radical (unpaired) electrons. The fourth-order valence-electron chi connectivity index (χ4n) is 2.20. The summed E-state index contributed by atoms with van der Waals surface area (Å²) in [4.78, 5) is 23.1. The van der Waals surface area contributed by atoms with Gasteiger partial charge in [-0.1, -0.05) is 37.3 Å². The maximum atomic E-state index is 11.9. The Labute approximate surface area is 101 Å². The number of rotatable bonds is 2. The summed E-state index contributed by atoms with van der Waals surface area (Å²) in [5, 5.41) is 0. The topological polar surface area (TPSA) is 43.4 Å². The van der Waals surface area contributed by atoms with Gasteiger partial charge in [-0.2, -0.15) is 0 Å². The zero-order chi connectivity index (χ0) is 12.5. The van der Waals surface area contributed by atoms with E-state index in [1.807, 2.05) is 44.2 Å². The molecule has 0 aliphatic carbocycles. The van der Waals surface area contributed by atoms with Crippen molar-refractivity contribution in [2.45, 2.75) is 26.7 Å². The highest BCUT2D eigenvalue weighted by Crippen LogP contribution is 2.38. The lowest BCUT2D eigenvalue weighted by molar-refractivity contribution is -0.177. The van der Waals surface area contributed by atoms with Gasteiger partial charge in [0, 0.05) is 6.42 Å². The molecule has 1 aromatic carbocycles. The first kappa shape index (κ1) is 11.8. The average Bonchev–Trinajstić information content (AvgIpc) is 2.28. The Balaban J connectivity index is 2.23. The number of hydrogen-bond donors (Lipinski definition) is 0. The molecule has 0 N–H and O–H groups in total. The molecular formula is C14H16O3. The number of hydrogen-bond acceptors (Lipinski definition) is 3. The van der Waals surface area contributed by atoms with Crippen molar-refractivity contribution < 1.29 is 14.3 Å². The molecule has 2 rings (SSSR count). The van der Waals surface area contributed by atoms with Crippen LogP contribution in [0.3, 0.4) is 0 Å². The van der Waals surface area contributed by atoms with Gasteiger partial charge in [0.15, 0.2) is 0 Å². The lowest BCUT2D eigenvalue weighted by Crippen LogP contribution is -2.44. The van der Waals surface area contributed by atoms with Crippen molar-refractivity contribution in [3.05, 3.63) is 35.9 Å². The van der Waals surface area contributed by atoms with Crippen molar-refractivity contribution in [2.24, 2.45) is 11.3 Å². The first-order valence-corrected chi connectivity index (χ1v) is 5.81. The fraction of sp³-hybridized carbons (Fsp3) is 0.429. The van der Waals surface area contributed by atoms with Crippen LogP contribution in [0.5, 0.6) is 0 Å². The van der Waals surface area contributed by atoms with Gasteiger partial charge in [0.1, 0.15) is 0 Å². The van der Waals surface area contributed by atoms with Crippen LogP contribution in [0, 0.1) is 11.3 Å². The van der Waals surface area contributed by atoms with Crippen LogP contribution in [0.4, 0.5) is 0 Å². The minimum absolute atomic E-state index is 0.0106. The zero-order valence-corrected chi connectivity index (χ0v) is 10.1. The average molecular weight is 232 g/mol. The fourth-order valence-corrected chi connectivity index (χ4v) is 2.20. The zero-order valence-electron chi connectivity index (χ0n) is 10.1. The van der Waals surface area contributed by atoms with Gasteiger partial charge in [-0.05, 0) is 24.8 Å². The number of ether oxygens (including phenoxy) is 1. The minimum atomic E-state index is -0.602. The third-order valence-corrected chi connectivity index (χ3v) is 3.65. The molecule has 1 fully saturated rings. The van der Waals surface area contributed by atoms with E-state index in [0.717, 1.165) is 5.56 Å². The van der Waals surface area contributed by atoms with E-state index in [-0.39, 0.29) is 5.92 Å². The van der Waals surface area contributed by atoms with E-state index < -0.39 is 17.4 Å². The molecule has 0 saturated carbocycles. The predicted octanol–water partition coefficient (Wildman–Crippen LogP) is 2.35. The highest BCUT2D eigenvalue weighted by molar-refractivity contribution is 5.92. The standard InChI is InChI=1S/C14H16O3/c1-10-8-12(15)17-13(16)14(10,2)9-11-6-4-3-5-7-11/h3-7,10H,8-9H2,1-2H3. The molecular weight excluding hydrogens is 216 g/mol. The van der Waals surface area contributed by atoms with E-state index in [9.17, 15) is 9.59 Å². The maximum absolute atomic E-state index is 11.9. The molecule has 0 bridgehead atoms. The normalized spacial score (nSPS) is 28.9. The summed E-state index contributed by atoms with van der Waals surface area (Å²) < 4.78 is 4.77. The van der Waals surface area contributed by atoms with Crippen LogP contribution in [-0.4, -0.2) is 11.9 Å². The summed E-state index contributed by atoms with van der Waals surface area (Å²) in [5.74, 6) is -0.797. The number of carbonyl (C=O) groups excluding carboxylic acids is 2. The van der Waals surface area contributed by atoms with Crippen molar-refractivity contribution in [1.82, 2.24) is 0 Å². The second-order valence-corrected chi connectivity index (χ2v) is 4.95. The molecule has 1 aliphatic heterocycles. The van der Waals surface area contributed by atoms with Crippen LogP contribution in [0.15, 0.2) is 30.3 Å². The van der Waals surface area contributed by atoms with Gasteiger partial charge in [-0.25, -0.2) is 0 Å². The molecule has 1 heterocycles. The van der Waals surface area contributed by atoms with Gasteiger partial charge in [0.2, 0.25) is 0 Å². The molecule has 17 heavy (non-hydrogen) atoms. The van der Waals surface area contributed by atoms with Gasteiger partial charge in [-0.15, -0.1) is 0 Å². The molecule has 0 aromatic heterocycles. The van der Waals surface area contributed by atoms with Gasteiger partial charge >= 0.3 is 11.9 Å². The van der Waals surface area contributed by atoms with Gasteiger partial charge < -0.3 is 4.74 Å². The Hall–Kier alpha value is -1.64. The van der Waals surface area contributed by atoms with Gasteiger partial charge in [0.05, 0.1) is 5.41 Å². The number of benzene rings is 1. The second-order valence-electron chi connectivity index (χ2n) is 4.95. The highest BCUT2D eigenvalue weighted by Gasteiger charge is 2.46. The van der Waals surface area contributed by atoms with Crippen LogP contribution < -0.4 is 0 Å². The first-order valence-electron chi connectivity index (χ1n) is 5.81. The van der Waals surface area contributed by atoms with Crippen LogP contribution in [-0.2, 0) is 20.7 Å². The lowest BCUT2D eigenvalue weighted by atomic mass is 9.71. The Morgan fingerprint density at radius 3 is 2.53 bits per heavy atom. The van der Waals surface area contributed by atoms with E-state index in [0.29, 0.717) is 12.8 Å². The van der Waals surface area contributed by atoms with Gasteiger partial charge in [0.25, 0.3) is 0 Å². The lowest BCUT2D eigenvalue weighted by Gasteiger charge is -2.36. The summed E-state index contributed by atoms with van der Waals surface area (Å²) >= 11 is 0. The molecule has 1 saturated heterocycles. The SMILES string of the molecule is CC1CC(=O)OC(=O)C1(C)Cc1ccccc1. The van der Waals surface area contributed by atoms with E-state index >= 15 is 0 Å². The van der Waals surface area contributed by atoms with Crippen LogP contribution >= 0.6 is 0 Å². The maximum Gasteiger partial charge on any atom is 0.320 e. The third kappa shape index (κ3) is 2.23. The summed E-state index contributed by atoms with van der Waals surface area (Å²) in [6.07, 6.45) is 0.927. The summed E-state index contributed by atoms with van der Waals surface area (Å²) in [5.41, 5.74) is 0.489.